The summed E-state index contributed by atoms with van der Waals surface area (Å²) in [5.41, 5.74) is 0.308. The van der Waals surface area contributed by atoms with Gasteiger partial charge in [-0.25, -0.2) is 0 Å². The number of aliphatic hydroxyl groups is 1. The Kier molecular flexibility index (Phi) is 4.74. The summed E-state index contributed by atoms with van der Waals surface area (Å²) in [6.45, 7) is 7.41. The Balaban J connectivity index is 2.23. The quantitative estimate of drug-likeness (QED) is 0.788. The largest absolute Gasteiger partial charge is 0.390 e. The first-order chi connectivity index (χ1) is 6.49. The SMILES string of the molecule is CC(C)(C)CCC(O)C1CSCCO1. The number of rotatable bonds is 3. The van der Waals surface area contributed by atoms with Crippen LogP contribution < -0.4 is 0 Å². The Morgan fingerprint density at radius 2 is 2.21 bits per heavy atom. The molecule has 84 valence electrons. The van der Waals surface area contributed by atoms with E-state index in [9.17, 15) is 5.11 Å². The maximum atomic E-state index is 9.90. The van der Waals surface area contributed by atoms with Crippen LogP contribution in [0.3, 0.4) is 0 Å². The lowest BCUT2D eigenvalue weighted by Crippen LogP contribution is -2.35. The van der Waals surface area contributed by atoms with E-state index in [0.717, 1.165) is 31.0 Å². The van der Waals surface area contributed by atoms with Crippen molar-refractivity contribution in [2.75, 3.05) is 18.1 Å². The van der Waals surface area contributed by atoms with Crippen LogP contribution in [0.1, 0.15) is 33.6 Å². The minimum Gasteiger partial charge on any atom is -0.390 e. The molecule has 0 aromatic heterocycles. The molecule has 0 amide bonds. The highest BCUT2D eigenvalue weighted by molar-refractivity contribution is 7.99. The Hall–Kier alpha value is 0.270. The molecule has 0 spiro atoms. The zero-order valence-corrected chi connectivity index (χ0v) is 10.3. The third kappa shape index (κ3) is 4.67. The fourth-order valence-electron chi connectivity index (χ4n) is 1.49. The van der Waals surface area contributed by atoms with Crippen LogP contribution >= 0.6 is 11.8 Å². The van der Waals surface area contributed by atoms with Gasteiger partial charge < -0.3 is 9.84 Å². The first-order valence-corrected chi connectivity index (χ1v) is 6.52. The molecule has 3 heteroatoms. The average molecular weight is 218 g/mol. The van der Waals surface area contributed by atoms with Crippen LogP contribution in [0.4, 0.5) is 0 Å². The summed E-state index contributed by atoms with van der Waals surface area (Å²) in [5.74, 6) is 2.02. The molecule has 1 aliphatic heterocycles. The molecule has 2 nitrogen and oxygen atoms in total. The van der Waals surface area contributed by atoms with Crippen molar-refractivity contribution in [3.8, 4) is 0 Å². The lowest BCUT2D eigenvalue weighted by molar-refractivity contribution is -0.0285. The number of thioether (sulfide) groups is 1. The van der Waals surface area contributed by atoms with Gasteiger partial charge in [0.15, 0.2) is 0 Å². The van der Waals surface area contributed by atoms with E-state index in [1.54, 1.807) is 0 Å². The molecule has 1 fully saturated rings. The van der Waals surface area contributed by atoms with Gasteiger partial charge in [0.25, 0.3) is 0 Å². The Morgan fingerprint density at radius 3 is 2.71 bits per heavy atom. The van der Waals surface area contributed by atoms with Gasteiger partial charge in [0.1, 0.15) is 0 Å². The normalized spacial score (nSPS) is 26.1. The van der Waals surface area contributed by atoms with Crippen LogP contribution in [-0.2, 0) is 4.74 Å². The average Bonchev–Trinajstić information content (AvgIpc) is 2.14. The monoisotopic (exact) mass is 218 g/mol. The van der Waals surface area contributed by atoms with Gasteiger partial charge in [0.05, 0.1) is 18.8 Å². The third-order valence-electron chi connectivity index (χ3n) is 2.46. The lowest BCUT2D eigenvalue weighted by atomic mass is 9.88. The smallest absolute Gasteiger partial charge is 0.0924 e. The highest BCUT2D eigenvalue weighted by Crippen LogP contribution is 2.24. The predicted molar refractivity (Wildman–Crippen MR) is 61.8 cm³/mol. The molecular formula is C11H22O2S. The molecule has 1 rings (SSSR count). The van der Waals surface area contributed by atoms with Gasteiger partial charge in [-0.15, -0.1) is 0 Å². The van der Waals surface area contributed by atoms with Crippen molar-refractivity contribution in [1.82, 2.24) is 0 Å². The van der Waals surface area contributed by atoms with Crippen molar-refractivity contribution < 1.29 is 9.84 Å². The molecule has 14 heavy (non-hydrogen) atoms. The molecular weight excluding hydrogens is 196 g/mol. The summed E-state index contributed by atoms with van der Waals surface area (Å²) in [6.07, 6.45) is 1.70. The van der Waals surface area contributed by atoms with Gasteiger partial charge in [0.2, 0.25) is 0 Å². The van der Waals surface area contributed by atoms with Gasteiger partial charge in [-0.1, -0.05) is 20.8 Å². The van der Waals surface area contributed by atoms with E-state index in [1.165, 1.54) is 0 Å². The lowest BCUT2D eigenvalue weighted by Gasteiger charge is -2.28. The highest BCUT2D eigenvalue weighted by atomic mass is 32.2. The van der Waals surface area contributed by atoms with E-state index in [2.05, 4.69) is 20.8 Å². The van der Waals surface area contributed by atoms with E-state index < -0.39 is 0 Å². The zero-order chi connectivity index (χ0) is 10.6. The van der Waals surface area contributed by atoms with Crippen molar-refractivity contribution in [3.05, 3.63) is 0 Å². The van der Waals surface area contributed by atoms with E-state index in [4.69, 9.17) is 4.74 Å². The standard InChI is InChI=1S/C11H22O2S/c1-11(2,3)5-4-9(12)10-8-14-7-6-13-10/h9-10,12H,4-8H2,1-3H3. The molecule has 0 aromatic rings. The van der Waals surface area contributed by atoms with Gasteiger partial charge in [-0.05, 0) is 18.3 Å². The molecule has 1 saturated heterocycles. The molecule has 0 aromatic carbocycles. The Bertz CT molecular complexity index is 159. The van der Waals surface area contributed by atoms with Crippen molar-refractivity contribution in [2.24, 2.45) is 5.41 Å². The van der Waals surface area contributed by atoms with Crippen LogP contribution in [0.25, 0.3) is 0 Å². The van der Waals surface area contributed by atoms with Crippen LogP contribution in [-0.4, -0.2) is 35.4 Å². The molecule has 1 N–H and O–H groups in total. The molecule has 2 atom stereocenters. The third-order valence-corrected chi connectivity index (χ3v) is 3.48. The Labute approximate surface area is 91.4 Å². The zero-order valence-electron chi connectivity index (χ0n) is 9.45. The second kappa shape index (κ2) is 5.38. The maximum Gasteiger partial charge on any atom is 0.0924 e. The van der Waals surface area contributed by atoms with Crippen molar-refractivity contribution >= 4 is 11.8 Å². The molecule has 1 aliphatic rings. The minimum absolute atomic E-state index is 0.0658. The number of hydrogen-bond acceptors (Lipinski definition) is 3. The van der Waals surface area contributed by atoms with Crippen LogP contribution in [0.2, 0.25) is 0 Å². The summed E-state index contributed by atoms with van der Waals surface area (Å²) in [4.78, 5) is 0. The maximum absolute atomic E-state index is 9.90. The molecule has 0 radical (unpaired) electrons. The molecule has 1 heterocycles. The van der Waals surface area contributed by atoms with E-state index in [0.29, 0.717) is 5.41 Å². The highest BCUT2D eigenvalue weighted by Gasteiger charge is 2.24. The number of hydrogen-bond donors (Lipinski definition) is 1. The van der Waals surface area contributed by atoms with Gasteiger partial charge in [-0.3, -0.25) is 0 Å². The summed E-state index contributed by atoms with van der Waals surface area (Å²) >= 11 is 1.88. The van der Waals surface area contributed by atoms with E-state index in [1.807, 2.05) is 11.8 Å². The molecule has 0 aliphatic carbocycles. The van der Waals surface area contributed by atoms with Gasteiger partial charge >= 0.3 is 0 Å². The predicted octanol–water partition coefficient (Wildman–Crippen LogP) is 2.31. The van der Waals surface area contributed by atoms with Crippen molar-refractivity contribution in [1.29, 1.82) is 0 Å². The topological polar surface area (TPSA) is 29.5 Å². The van der Waals surface area contributed by atoms with Crippen LogP contribution in [0, 0.1) is 5.41 Å². The number of aliphatic hydroxyl groups excluding tert-OH is 1. The first-order valence-electron chi connectivity index (χ1n) is 5.36. The van der Waals surface area contributed by atoms with E-state index >= 15 is 0 Å². The summed E-state index contributed by atoms with van der Waals surface area (Å²) in [7, 11) is 0. The minimum atomic E-state index is -0.276. The van der Waals surface area contributed by atoms with E-state index in [-0.39, 0.29) is 12.2 Å². The second-order valence-electron chi connectivity index (χ2n) is 5.15. The van der Waals surface area contributed by atoms with Crippen molar-refractivity contribution in [2.45, 2.75) is 45.8 Å². The molecule has 2 unspecified atom stereocenters. The van der Waals surface area contributed by atoms with Gasteiger partial charge in [0, 0.05) is 11.5 Å². The fraction of sp³-hybridized carbons (Fsp3) is 1.00. The summed E-state index contributed by atoms with van der Waals surface area (Å²) in [5, 5.41) is 9.90. The second-order valence-corrected chi connectivity index (χ2v) is 6.30. The fourth-order valence-corrected chi connectivity index (χ4v) is 2.43. The summed E-state index contributed by atoms with van der Waals surface area (Å²) < 4.78 is 5.53. The van der Waals surface area contributed by atoms with Crippen LogP contribution in [0.15, 0.2) is 0 Å². The molecule has 0 bridgehead atoms. The van der Waals surface area contributed by atoms with Crippen molar-refractivity contribution in [3.63, 3.8) is 0 Å². The molecule has 0 saturated carbocycles. The van der Waals surface area contributed by atoms with Crippen LogP contribution in [0.5, 0.6) is 0 Å². The summed E-state index contributed by atoms with van der Waals surface area (Å²) in [6, 6.07) is 0. The number of ether oxygens (including phenoxy) is 1. The Morgan fingerprint density at radius 1 is 1.50 bits per heavy atom. The van der Waals surface area contributed by atoms with Gasteiger partial charge in [-0.2, -0.15) is 11.8 Å². The first kappa shape index (κ1) is 12.3.